The zero-order valence-corrected chi connectivity index (χ0v) is 15.2. The van der Waals surface area contributed by atoms with Gasteiger partial charge in [0, 0.05) is 24.2 Å². The van der Waals surface area contributed by atoms with Crippen LogP contribution in [0.25, 0.3) is 0 Å². The van der Waals surface area contributed by atoms with Crippen molar-refractivity contribution in [2.45, 2.75) is 26.7 Å². The van der Waals surface area contributed by atoms with Gasteiger partial charge in [0.25, 0.3) is 11.8 Å². The van der Waals surface area contributed by atoms with E-state index in [1.54, 1.807) is 0 Å². The van der Waals surface area contributed by atoms with Crippen LogP contribution in [0, 0.1) is 0 Å². The van der Waals surface area contributed by atoms with Crippen molar-refractivity contribution >= 4 is 23.6 Å². The van der Waals surface area contributed by atoms with Gasteiger partial charge >= 0.3 is 0 Å². The lowest BCUT2D eigenvalue weighted by Crippen LogP contribution is -2.37. The van der Waals surface area contributed by atoms with Crippen molar-refractivity contribution in [3.63, 3.8) is 0 Å². The Morgan fingerprint density at radius 2 is 1.00 bits per heavy atom. The molecule has 8 nitrogen and oxygen atoms in total. The highest BCUT2D eigenvalue weighted by Crippen LogP contribution is 2.04. The van der Waals surface area contributed by atoms with Gasteiger partial charge in [0.1, 0.15) is 0 Å². The summed E-state index contributed by atoms with van der Waals surface area (Å²) in [5.74, 6) is -1.31. The standard InChI is InChI=1S/C18H26N4O4/c1-3-9-19-15(23)11-21-17(25)13-5-7-14(8-6-13)18(26)22-12-16(24)20-10-4-2/h5-8H,3-4,9-12H2,1-2H3,(H,19,23)(H,20,24)(H,21,25)(H,22,26). The summed E-state index contributed by atoms with van der Waals surface area (Å²) in [5, 5.41) is 10.3. The molecule has 0 heterocycles. The van der Waals surface area contributed by atoms with Crippen LogP contribution >= 0.6 is 0 Å². The highest BCUT2D eigenvalue weighted by atomic mass is 16.2. The summed E-state index contributed by atoms with van der Waals surface area (Å²) in [6.07, 6.45) is 1.65. The molecule has 0 aliphatic carbocycles. The van der Waals surface area contributed by atoms with E-state index < -0.39 is 11.8 Å². The predicted octanol–water partition coefficient (Wildman–Crippen LogP) is 0.199. The second-order valence-corrected chi connectivity index (χ2v) is 5.64. The smallest absolute Gasteiger partial charge is 0.251 e. The van der Waals surface area contributed by atoms with Crippen LogP contribution in [0.15, 0.2) is 24.3 Å². The van der Waals surface area contributed by atoms with Crippen molar-refractivity contribution in [1.82, 2.24) is 21.3 Å². The van der Waals surface area contributed by atoms with Crippen molar-refractivity contribution in [2.24, 2.45) is 0 Å². The molecule has 4 N–H and O–H groups in total. The van der Waals surface area contributed by atoms with Gasteiger partial charge < -0.3 is 21.3 Å². The lowest BCUT2D eigenvalue weighted by atomic mass is 10.1. The molecule has 0 radical (unpaired) electrons. The van der Waals surface area contributed by atoms with Crippen molar-refractivity contribution in [3.05, 3.63) is 35.4 Å². The third-order valence-corrected chi connectivity index (χ3v) is 3.37. The van der Waals surface area contributed by atoms with Gasteiger partial charge in [-0.15, -0.1) is 0 Å². The van der Waals surface area contributed by atoms with E-state index >= 15 is 0 Å². The third kappa shape index (κ3) is 7.78. The normalized spacial score (nSPS) is 9.92. The van der Waals surface area contributed by atoms with Gasteiger partial charge in [-0.05, 0) is 37.1 Å². The summed E-state index contributed by atoms with van der Waals surface area (Å²) in [4.78, 5) is 46.9. The first-order chi connectivity index (χ1) is 12.5. The van der Waals surface area contributed by atoms with Gasteiger partial charge in [0.05, 0.1) is 13.1 Å². The Balaban J connectivity index is 2.46. The largest absolute Gasteiger partial charge is 0.355 e. The van der Waals surface area contributed by atoms with Crippen LogP contribution < -0.4 is 21.3 Å². The maximum atomic E-state index is 12.0. The van der Waals surface area contributed by atoms with E-state index in [9.17, 15) is 19.2 Å². The molecule has 0 saturated carbocycles. The number of benzene rings is 1. The van der Waals surface area contributed by atoms with E-state index in [1.807, 2.05) is 13.8 Å². The molecular weight excluding hydrogens is 336 g/mol. The second kappa shape index (κ2) is 11.6. The molecule has 1 rings (SSSR count). The molecule has 1 aromatic rings. The topological polar surface area (TPSA) is 116 Å². The highest BCUT2D eigenvalue weighted by molar-refractivity contribution is 5.99. The molecule has 8 heteroatoms. The van der Waals surface area contributed by atoms with Gasteiger partial charge in [-0.25, -0.2) is 0 Å². The average molecular weight is 362 g/mol. The summed E-state index contributed by atoms with van der Waals surface area (Å²) >= 11 is 0. The zero-order chi connectivity index (χ0) is 19.4. The molecule has 0 aliphatic heterocycles. The Morgan fingerprint density at radius 1 is 0.654 bits per heavy atom. The van der Waals surface area contributed by atoms with E-state index in [4.69, 9.17) is 0 Å². The first-order valence-electron chi connectivity index (χ1n) is 8.67. The van der Waals surface area contributed by atoms with E-state index in [1.165, 1.54) is 24.3 Å². The van der Waals surface area contributed by atoms with Crippen LogP contribution in [0.1, 0.15) is 47.4 Å². The van der Waals surface area contributed by atoms with Crippen LogP contribution in [0.2, 0.25) is 0 Å². The molecule has 0 bridgehead atoms. The number of amides is 4. The lowest BCUT2D eigenvalue weighted by Gasteiger charge is -2.08. The maximum Gasteiger partial charge on any atom is 0.251 e. The Kier molecular flexibility index (Phi) is 9.45. The van der Waals surface area contributed by atoms with Crippen LogP contribution in [0.5, 0.6) is 0 Å². The van der Waals surface area contributed by atoms with Crippen LogP contribution in [-0.4, -0.2) is 49.8 Å². The van der Waals surface area contributed by atoms with E-state index in [0.29, 0.717) is 24.2 Å². The maximum absolute atomic E-state index is 12.0. The minimum absolute atomic E-state index is 0.103. The molecule has 4 amide bonds. The Labute approximate surface area is 153 Å². The Bertz CT molecular complexity index is 574. The number of hydrogen-bond donors (Lipinski definition) is 4. The number of rotatable bonds is 10. The molecule has 0 fully saturated rings. The molecule has 0 saturated heterocycles. The van der Waals surface area contributed by atoms with E-state index in [-0.39, 0.29) is 24.9 Å². The summed E-state index contributed by atoms with van der Waals surface area (Å²) in [6, 6.07) is 5.97. The van der Waals surface area contributed by atoms with Gasteiger partial charge in [0.2, 0.25) is 11.8 Å². The van der Waals surface area contributed by atoms with Gasteiger partial charge in [-0.2, -0.15) is 0 Å². The molecular formula is C18H26N4O4. The second-order valence-electron chi connectivity index (χ2n) is 5.64. The van der Waals surface area contributed by atoms with Gasteiger partial charge in [-0.3, -0.25) is 19.2 Å². The Morgan fingerprint density at radius 3 is 1.31 bits per heavy atom. The summed E-state index contributed by atoms with van der Waals surface area (Å²) in [6.45, 7) is 4.80. The van der Waals surface area contributed by atoms with E-state index in [0.717, 1.165) is 12.8 Å². The fourth-order valence-corrected chi connectivity index (χ4v) is 1.95. The molecule has 26 heavy (non-hydrogen) atoms. The molecule has 0 spiro atoms. The monoisotopic (exact) mass is 362 g/mol. The van der Waals surface area contributed by atoms with Crippen molar-refractivity contribution in [2.75, 3.05) is 26.2 Å². The molecule has 0 aliphatic rings. The Hall–Kier alpha value is -2.90. The average Bonchev–Trinajstić information content (AvgIpc) is 2.66. The van der Waals surface area contributed by atoms with Crippen molar-refractivity contribution in [3.8, 4) is 0 Å². The van der Waals surface area contributed by atoms with Crippen LogP contribution in [0.3, 0.4) is 0 Å². The highest BCUT2D eigenvalue weighted by Gasteiger charge is 2.11. The summed E-state index contributed by atoms with van der Waals surface area (Å²) in [7, 11) is 0. The number of nitrogens with one attached hydrogen (secondary N) is 4. The first-order valence-corrected chi connectivity index (χ1v) is 8.67. The molecule has 0 unspecified atom stereocenters. The fourth-order valence-electron chi connectivity index (χ4n) is 1.95. The first kappa shape index (κ1) is 21.1. The molecule has 0 atom stereocenters. The van der Waals surface area contributed by atoms with E-state index in [2.05, 4.69) is 21.3 Å². The van der Waals surface area contributed by atoms with Gasteiger partial charge in [-0.1, -0.05) is 13.8 Å². The number of carbonyl (C=O) groups is 4. The molecule has 142 valence electrons. The lowest BCUT2D eigenvalue weighted by molar-refractivity contribution is -0.120. The SMILES string of the molecule is CCCNC(=O)CNC(=O)c1ccc(C(=O)NCC(=O)NCCC)cc1. The molecule has 0 aromatic heterocycles. The van der Waals surface area contributed by atoms with Crippen LogP contribution in [-0.2, 0) is 9.59 Å². The van der Waals surface area contributed by atoms with Crippen LogP contribution in [0.4, 0.5) is 0 Å². The fraction of sp³-hybridized carbons (Fsp3) is 0.444. The van der Waals surface area contributed by atoms with Crippen molar-refractivity contribution < 1.29 is 19.2 Å². The third-order valence-electron chi connectivity index (χ3n) is 3.37. The number of carbonyl (C=O) groups excluding carboxylic acids is 4. The minimum Gasteiger partial charge on any atom is -0.355 e. The summed E-state index contributed by atoms with van der Waals surface area (Å²) < 4.78 is 0. The van der Waals surface area contributed by atoms with Gasteiger partial charge in [0.15, 0.2) is 0 Å². The molecule has 1 aromatic carbocycles. The quantitative estimate of drug-likeness (QED) is 0.476. The minimum atomic E-state index is -0.400. The number of hydrogen-bond acceptors (Lipinski definition) is 4. The van der Waals surface area contributed by atoms with Crippen molar-refractivity contribution in [1.29, 1.82) is 0 Å². The summed E-state index contributed by atoms with van der Waals surface area (Å²) in [5.41, 5.74) is 0.677. The zero-order valence-electron chi connectivity index (χ0n) is 15.2. The predicted molar refractivity (Wildman–Crippen MR) is 97.7 cm³/mol.